The first-order chi connectivity index (χ1) is 8.79. The Morgan fingerprint density at radius 1 is 1.32 bits per heavy atom. The maximum atomic E-state index is 10.4. The van der Waals surface area contributed by atoms with Crippen molar-refractivity contribution in [3.05, 3.63) is 0 Å². The van der Waals surface area contributed by atoms with Crippen molar-refractivity contribution in [3.8, 4) is 0 Å². The minimum Gasteiger partial charge on any atom is -0.547 e. The van der Waals surface area contributed by atoms with Crippen LogP contribution in [0.15, 0.2) is 0 Å². The second-order valence-electron chi connectivity index (χ2n) is 4.47. The van der Waals surface area contributed by atoms with E-state index in [0.29, 0.717) is 0 Å². The summed E-state index contributed by atoms with van der Waals surface area (Å²) in [5.41, 5.74) is 0. The number of hydrogen-bond acceptors (Lipinski definition) is 8. The van der Waals surface area contributed by atoms with Gasteiger partial charge in [-0.25, -0.2) is 0 Å². The van der Waals surface area contributed by atoms with Crippen LogP contribution in [0.4, 0.5) is 0 Å². The van der Waals surface area contributed by atoms with Gasteiger partial charge in [0.25, 0.3) is 0 Å². The number of rotatable bonds is 6. The van der Waals surface area contributed by atoms with E-state index in [9.17, 15) is 30.3 Å². The van der Waals surface area contributed by atoms with E-state index in [-0.39, 0.29) is 11.5 Å². The Balaban J connectivity index is 2.61. The average Bonchev–Trinajstić information content (AvgIpc) is 2.62. The fraction of sp³-hybridized carbons (Fsp3) is 0.900. The molecule has 1 aliphatic rings. The second kappa shape index (κ2) is 6.84. The maximum absolute atomic E-state index is 10.4. The predicted octanol–water partition coefficient (Wildman–Crippen LogP) is -5.47. The van der Waals surface area contributed by atoms with Gasteiger partial charge in [-0.15, -0.1) is 0 Å². The number of carboxylic acids is 1. The van der Waals surface area contributed by atoms with E-state index in [2.05, 4.69) is 0 Å². The Morgan fingerprint density at radius 3 is 2.37 bits per heavy atom. The molecule has 0 aliphatic carbocycles. The monoisotopic (exact) mass is 298 g/mol. The molecule has 1 rings (SSSR count). The van der Waals surface area contributed by atoms with E-state index >= 15 is 0 Å². The summed E-state index contributed by atoms with van der Waals surface area (Å²) in [5.74, 6) is -1.90. The highest BCUT2D eigenvalue weighted by Crippen LogP contribution is 2.25. The fourth-order valence-corrected chi connectivity index (χ4v) is 4.65. The fourth-order valence-electron chi connectivity index (χ4n) is 1.96. The number of aliphatic hydroxyl groups excluding tert-OH is 6. The van der Waals surface area contributed by atoms with Gasteiger partial charge in [-0.1, -0.05) is 0 Å². The van der Waals surface area contributed by atoms with Crippen LogP contribution in [0.1, 0.15) is 0 Å². The molecular formula is C10H18O8S. The zero-order chi connectivity index (χ0) is 14.7. The van der Waals surface area contributed by atoms with Crippen LogP contribution in [-0.4, -0.2) is 90.5 Å². The number of aliphatic hydroxyl groups is 6. The Morgan fingerprint density at radius 2 is 1.89 bits per heavy atom. The van der Waals surface area contributed by atoms with E-state index in [1.165, 1.54) is 0 Å². The minimum absolute atomic E-state index is 0.134. The summed E-state index contributed by atoms with van der Waals surface area (Å²) < 4.78 is 0. The second-order valence-corrected chi connectivity index (χ2v) is 6.82. The SMILES string of the molecule is O=C([O-])[C@H](O)[C@H](O)[C@H](O)C[S+]1C[C@@H](O)[C@H](O)[C@H]1CO. The number of carbonyl (C=O) groups is 1. The molecule has 9 heteroatoms. The summed E-state index contributed by atoms with van der Waals surface area (Å²) in [6.07, 6.45) is -7.85. The van der Waals surface area contributed by atoms with Crippen molar-refractivity contribution in [2.45, 2.75) is 35.8 Å². The highest BCUT2D eigenvalue weighted by atomic mass is 32.2. The molecule has 0 spiro atoms. The molecule has 112 valence electrons. The van der Waals surface area contributed by atoms with Crippen LogP contribution in [0, 0.1) is 0 Å². The van der Waals surface area contributed by atoms with Crippen molar-refractivity contribution < 1.29 is 40.5 Å². The largest absolute Gasteiger partial charge is 0.547 e. The molecule has 0 amide bonds. The smallest absolute Gasteiger partial charge is 0.169 e. The standard InChI is InChI=1S/C10H18O8S/c11-1-6-7(14)4(12)2-19(6)3-5(13)8(15)9(16)10(17)18/h4-9,11-16H,1-3H2/t4-,5-,6-,7+,8-,9-,19?/m1/s1. The van der Waals surface area contributed by atoms with E-state index in [4.69, 9.17) is 10.2 Å². The number of carbonyl (C=O) groups excluding carboxylic acids is 1. The quantitative estimate of drug-likeness (QED) is 0.265. The molecule has 0 aromatic heterocycles. The van der Waals surface area contributed by atoms with Crippen LogP contribution in [0.5, 0.6) is 0 Å². The van der Waals surface area contributed by atoms with Crippen molar-refractivity contribution in [2.75, 3.05) is 18.1 Å². The summed E-state index contributed by atoms with van der Waals surface area (Å²) in [4.78, 5) is 10.4. The van der Waals surface area contributed by atoms with Crippen LogP contribution in [0.3, 0.4) is 0 Å². The Labute approximate surface area is 112 Å². The van der Waals surface area contributed by atoms with Gasteiger partial charge < -0.3 is 40.5 Å². The average molecular weight is 298 g/mol. The molecule has 0 radical (unpaired) electrons. The van der Waals surface area contributed by atoms with Crippen molar-refractivity contribution in [1.29, 1.82) is 0 Å². The van der Waals surface area contributed by atoms with E-state index in [1.807, 2.05) is 0 Å². The summed E-state index contributed by atoms with van der Waals surface area (Å²) in [5, 5.41) is 66.0. The van der Waals surface area contributed by atoms with Gasteiger partial charge in [0.05, 0.1) is 12.6 Å². The van der Waals surface area contributed by atoms with Crippen LogP contribution in [-0.2, 0) is 15.7 Å². The topological polar surface area (TPSA) is 162 Å². The normalized spacial score (nSPS) is 35.9. The molecule has 1 fully saturated rings. The third-order valence-corrected chi connectivity index (χ3v) is 5.94. The molecule has 0 aromatic carbocycles. The molecule has 6 N–H and O–H groups in total. The van der Waals surface area contributed by atoms with Gasteiger partial charge in [-0.05, 0) is 0 Å². The van der Waals surface area contributed by atoms with Gasteiger partial charge >= 0.3 is 0 Å². The van der Waals surface area contributed by atoms with Crippen LogP contribution >= 0.6 is 0 Å². The molecule has 8 nitrogen and oxygen atoms in total. The molecule has 19 heavy (non-hydrogen) atoms. The summed E-state index contributed by atoms with van der Waals surface area (Å²) in [6, 6.07) is 0. The van der Waals surface area contributed by atoms with Crippen LogP contribution in [0.2, 0.25) is 0 Å². The molecule has 1 saturated heterocycles. The molecule has 7 atom stereocenters. The highest BCUT2D eigenvalue weighted by Gasteiger charge is 2.50. The predicted molar refractivity (Wildman–Crippen MR) is 63.0 cm³/mol. The van der Waals surface area contributed by atoms with Gasteiger partial charge in [0.15, 0.2) is 5.25 Å². The molecular weight excluding hydrogens is 280 g/mol. The zero-order valence-corrected chi connectivity index (χ0v) is 10.8. The summed E-state index contributed by atoms with van der Waals surface area (Å²) in [7, 11) is -0.790. The van der Waals surface area contributed by atoms with Crippen molar-refractivity contribution >= 4 is 16.9 Å². The van der Waals surface area contributed by atoms with Gasteiger partial charge in [-0.2, -0.15) is 0 Å². The zero-order valence-electron chi connectivity index (χ0n) is 9.99. The third kappa shape index (κ3) is 3.78. The van der Waals surface area contributed by atoms with Gasteiger partial charge in [0.1, 0.15) is 42.0 Å². The minimum atomic E-state index is -2.22. The molecule has 1 aliphatic heterocycles. The highest BCUT2D eigenvalue weighted by molar-refractivity contribution is 7.97. The van der Waals surface area contributed by atoms with Gasteiger partial charge in [0, 0.05) is 10.9 Å². The number of aliphatic carboxylic acids is 1. The van der Waals surface area contributed by atoms with Gasteiger partial charge in [0.2, 0.25) is 0 Å². The molecule has 0 bridgehead atoms. The molecule has 0 saturated carbocycles. The lowest BCUT2D eigenvalue weighted by atomic mass is 10.1. The van der Waals surface area contributed by atoms with Gasteiger partial charge in [-0.3, -0.25) is 0 Å². The van der Waals surface area contributed by atoms with Crippen LogP contribution in [0.25, 0.3) is 0 Å². The van der Waals surface area contributed by atoms with E-state index in [0.717, 1.165) is 0 Å². The number of hydrogen-bond donors (Lipinski definition) is 6. The van der Waals surface area contributed by atoms with E-state index in [1.54, 1.807) is 0 Å². The molecule has 1 heterocycles. The van der Waals surface area contributed by atoms with Crippen molar-refractivity contribution in [2.24, 2.45) is 0 Å². The Hall–Kier alpha value is -0.420. The summed E-state index contributed by atoms with van der Waals surface area (Å²) >= 11 is 0. The van der Waals surface area contributed by atoms with Crippen LogP contribution < -0.4 is 5.11 Å². The first-order valence-corrected chi connectivity index (χ1v) is 7.30. The Bertz CT molecular complexity index is 314. The lowest BCUT2D eigenvalue weighted by molar-refractivity contribution is -0.319. The third-order valence-electron chi connectivity index (χ3n) is 3.11. The molecule has 0 aromatic rings. The van der Waals surface area contributed by atoms with Crippen molar-refractivity contribution in [3.63, 3.8) is 0 Å². The summed E-state index contributed by atoms with van der Waals surface area (Å²) in [6.45, 7) is -0.396. The van der Waals surface area contributed by atoms with E-state index < -0.39 is 59.2 Å². The lowest BCUT2D eigenvalue weighted by Gasteiger charge is -2.23. The Kier molecular flexibility index (Phi) is 5.99. The lowest BCUT2D eigenvalue weighted by Crippen LogP contribution is -2.51. The maximum Gasteiger partial charge on any atom is 0.169 e. The number of carboxylic acid groups (broad SMARTS) is 1. The first kappa shape index (κ1) is 16.6. The first-order valence-electron chi connectivity index (χ1n) is 5.68. The molecule has 1 unspecified atom stereocenters. The van der Waals surface area contributed by atoms with Crippen molar-refractivity contribution in [1.82, 2.24) is 0 Å².